The summed E-state index contributed by atoms with van der Waals surface area (Å²) in [6, 6.07) is 8.30. The second kappa shape index (κ2) is 8.63. The van der Waals surface area contributed by atoms with E-state index < -0.39 is 0 Å². The van der Waals surface area contributed by atoms with Crippen molar-refractivity contribution in [2.24, 2.45) is 5.73 Å². The predicted octanol–water partition coefficient (Wildman–Crippen LogP) is 3.00. The Hall–Kier alpha value is -0.610. The van der Waals surface area contributed by atoms with Crippen molar-refractivity contribution in [1.29, 1.82) is 0 Å². The van der Waals surface area contributed by atoms with Gasteiger partial charge in [-0.2, -0.15) is 0 Å². The molecule has 1 rings (SSSR count). The van der Waals surface area contributed by atoms with Crippen LogP contribution in [0.4, 0.5) is 0 Å². The van der Waals surface area contributed by atoms with Crippen LogP contribution in [0.5, 0.6) is 0 Å². The fourth-order valence-corrected chi connectivity index (χ4v) is 2.76. The van der Waals surface area contributed by atoms with Crippen molar-refractivity contribution in [2.45, 2.75) is 31.8 Å². The molecule has 0 aliphatic carbocycles. The molecule has 1 aromatic rings. The third-order valence-electron chi connectivity index (χ3n) is 3.69. The number of nitrogens with zero attached hydrogens (tertiary/aromatic N) is 2. The number of hydrogen-bond donors (Lipinski definition) is 1. The summed E-state index contributed by atoms with van der Waals surface area (Å²) in [5, 5.41) is 0.806. The van der Waals surface area contributed by atoms with E-state index in [1.165, 1.54) is 0 Å². The van der Waals surface area contributed by atoms with Crippen LogP contribution >= 0.6 is 11.6 Å². The Balaban J connectivity index is 2.82. The zero-order chi connectivity index (χ0) is 15.1. The topological polar surface area (TPSA) is 32.5 Å². The summed E-state index contributed by atoms with van der Waals surface area (Å²) in [5.41, 5.74) is 7.47. The summed E-state index contributed by atoms with van der Waals surface area (Å²) < 4.78 is 0. The molecule has 0 saturated carbocycles. The molecule has 0 bridgehead atoms. The molecule has 0 aliphatic rings. The molecule has 0 fully saturated rings. The van der Waals surface area contributed by atoms with Gasteiger partial charge in [-0.05, 0) is 58.7 Å². The summed E-state index contributed by atoms with van der Waals surface area (Å²) in [6.45, 7) is 4.23. The van der Waals surface area contributed by atoms with Crippen LogP contribution in [-0.4, -0.2) is 50.1 Å². The fraction of sp³-hybridized carbons (Fsp3) is 0.625. The lowest BCUT2D eigenvalue weighted by atomic mass is 9.96. The Bertz CT molecular complexity index is 395. The summed E-state index contributed by atoms with van der Waals surface area (Å²) in [5.74, 6) is 0. The van der Waals surface area contributed by atoms with Gasteiger partial charge in [0.05, 0.1) is 6.04 Å². The molecule has 0 spiro atoms. The van der Waals surface area contributed by atoms with Crippen LogP contribution in [-0.2, 0) is 0 Å². The second-order valence-corrected chi connectivity index (χ2v) is 6.08. The Morgan fingerprint density at radius 1 is 1.15 bits per heavy atom. The maximum Gasteiger partial charge on any atom is 0.0511 e. The number of nitrogens with two attached hydrogens (primary N) is 1. The normalized spacial score (nSPS) is 14.8. The molecule has 3 nitrogen and oxygen atoms in total. The van der Waals surface area contributed by atoms with Gasteiger partial charge in [0.25, 0.3) is 0 Å². The number of likely N-dealkylation sites (N-methyl/N-ethyl adjacent to an activating group) is 1. The third kappa shape index (κ3) is 5.06. The molecule has 0 aliphatic heterocycles. The maximum absolute atomic E-state index is 6.36. The SMILES string of the molecule is CCC(N)C(c1ccccc1Cl)N(C)CCCN(C)C. The van der Waals surface area contributed by atoms with Crippen LogP contribution in [0.3, 0.4) is 0 Å². The van der Waals surface area contributed by atoms with Crippen molar-refractivity contribution in [3.05, 3.63) is 34.9 Å². The van der Waals surface area contributed by atoms with Crippen molar-refractivity contribution in [3.8, 4) is 0 Å². The van der Waals surface area contributed by atoms with Crippen molar-refractivity contribution in [1.82, 2.24) is 9.80 Å². The summed E-state index contributed by atoms with van der Waals surface area (Å²) in [6.07, 6.45) is 2.06. The highest BCUT2D eigenvalue weighted by Crippen LogP contribution is 2.29. The largest absolute Gasteiger partial charge is 0.326 e. The van der Waals surface area contributed by atoms with Gasteiger partial charge in [0.2, 0.25) is 0 Å². The van der Waals surface area contributed by atoms with Crippen molar-refractivity contribution < 1.29 is 0 Å². The average molecular weight is 298 g/mol. The van der Waals surface area contributed by atoms with Gasteiger partial charge in [-0.1, -0.05) is 36.7 Å². The molecule has 2 atom stereocenters. The van der Waals surface area contributed by atoms with Crippen LogP contribution in [0.1, 0.15) is 31.4 Å². The Morgan fingerprint density at radius 3 is 2.35 bits per heavy atom. The predicted molar refractivity (Wildman–Crippen MR) is 88.3 cm³/mol. The number of halogens is 1. The minimum absolute atomic E-state index is 0.0965. The van der Waals surface area contributed by atoms with E-state index in [2.05, 4.69) is 43.9 Å². The van der Waals surface area contributed by atoms with Crippen LogP contribution in [0.15, 0.2) is 24.3 Å². The molecule has 20 heavy (non-hydrogen) atoms. The van der Waals surface area contributed by atoms with Crippen LogP contribution < -0.4 is 5.73 Å². The van der Waals surface area contributed by atoms with E-state index in [0.29, 0.717) is 0 Å². The molecular formula is C16H28ClN3. The summed E-state index contributed by atoms with van der Waals surface area (Å²) >= 11 is 6.36. The quantitative estimate of drug-likeness (QED) is 0.800. The zero-order valence-electron chi connectivity index (χ0n) is 13.1. The van der Waals surface area contributed by atoms with Crippen molar-refractivity contribution >= 4 is 11.6 Å². The van der Waals surface area contributed by atoms with Gasteiger partial charge in [0.1, 0.15) is 0 Å². The van der Waals surface area contributed by atoms with E-state index in [0.717, 1.165) is 36.5 Å². The minimum atomic E-state index is 0.0965. The van der Waals surface area contributed by atoms with Crippen LogP contribution in [0.2, 0.25) is 5.02 Å². The van der Waals surface area contributed by atoms with E-state index in [1.54, 1.807) is 0 Å². The van der Waals surface area contributed by atoms with Gasteiger partial charge in [-0.15, -0.1) is 0 Å². The fourth-order valence-electron chi connectivity index (χ4n) is 2.51. The first kappa shape index (κ1) is 17.4. The monoisotopic (exact) mass is 297 g/mol. The molecule has 2 N–H and O–H groups in total. The van der Waals surface area contributed by atoms with Gasteiger partial charge in [-0.3, -0.25) is 4.90 Å². The number of rotatable bonds is 8. The molecule has 2 unspecified atom stereocenters. The molecule has 0 radical (unpaired) electrons. The van der Waals surface area contributed by atoms with E-state index in [-0.39, 0.29) is 12.1 Å². The Morgan fingerprint density at radius 2 is 1.80 bits per heavy atom. The molecule has 114 valence electrons. The standard InChI is InChI=1S/C16H28ClN3/c1-5-15(18)16(13-9-6-7-10-14(13)17)20(4)12-8-11-19(2)3/h6-7,9-10,15-16H,5,8,11-12,18H2,1-4H3. The van der Waals surface area contributed by atoms with Crippen molar-refractivity contribution in [3.63, 3.8) is 0 Å². The van der Waals surface area contributed by atoms with Crippen LogP contribution in [0.25, 0.3) is 0 Å². The average Bonchev–Trinajstić information content (AvgIpc) is 2.40. The zero-order valence-corrected chi connectivity index (χ0v) is 13.9. The lowest BCUT2D eigenvalue weighted by Gasteiger charge is -2.33. The van der Waals surface area contributed by atoms with Gasteiger partial charge >= 0.3 is 0 Å². The molecule has 0 aromatic heterocycles. The maximum atomic E-state index is 6.36. The molecular weight excluding hydrogens is 270 g/mol. The van der Waals surface area contributed by atoms with E-state index in [1.807, 2.05) is 18.2 Å². The first-order chi connectivity index (χ1) is 9.47. The first-order valence-electron chi connectivity index (χ1n) is 7.32. The highest BCUT2D eigenvalue weighted by atomic mass is 35.5. The van der Waals surface area contributed by atoms with Crippen LogP contribution in [0, 0.1) is 0 Å². The molecule has 0 saturated heterocycles. The van der Waals surface area contributed by atoms with Gasteiger partial charge in [-0.25, -0.2) is 0 Å². The number of hydrogen-bond acceptors (Lipinski definition) is 3. The second-order valence-electron chi connectivity index (χ2n) is 5.68. The Kier molecular flexibility index (Phi) is 7.52. The van der Waals surface area contributed by atoms with E-state index >= 15 is 0 Å². The van der Waals surface area contributed by atoms with Gasteiger partial charge < -0.3 is 10.6 Å². The molecule has 4 heteroatoms. The smallest absolute Gasteiger partial charge is 0.0511 e. The molecule has 0 amide bonds. The van der Waals surface area contributed by atoms with Crippen molar-refractivity contribution in [2.75, 3.05) is 34.2 Å². The van der Waals surface area contributed by atoms with Gasteiger partial charge in [0.15, 0.2) is 0 Å². The highest BCUT2D eigenvalue weighted by molar-refractivity contribution is 6.31. The minimum Gasteiger partial charge on any atom is -0.326 e. The molecule has 1 aromatic carbocycles. The lowest BCUT2D eigenvalue weighted by Crippen LogP contribution is -2.40. The highest BCUT2D eigenvalue weighted by Gasteiger charge is 2.24. The van der Waals surface area contributed by atoms with E-state index in [9.17, 15) is 0 Å². The first-order valence-corrected chi connectivity index (χ1v) is 7.70. The van der Waals surface area contributed by atoms with E-state index in [4.69, 9.17) is 17.3 Å². The Labute approximate surface area is 128 Å². The molecule has 0 heterocycles. The lowest BCUT2D eigenvalue weighted by molar-refractivity contribution is 0.200. The summed E-state index contributed by atoms with van der Waals surface area (Å²) in [7, 11) is 6.34. The van der Waals surface area contributed by atoms with Gasteiger partial charge in [0, 0.05) is 11.1 Å². The number of benzene rings is 1. The summed E-state index contributed by atoms with van der Waals surface area (Å²) in [4.78, 5) is 4.54. The third-order valence-corrected chi connectivity index (χ3v) is 4.04.